The van der Waals surface area contributed by atoms with E-state index in [9.17, 15) is 10.1 Å². The second kappa shape index (κ2) is 6.84. The van der Waals surface area contributed by atoms with E-state index in [1.54, 1.807) is 30.1 Å². The first-order valence-electron chi connectivity index (χ1n) is 7.55. The maximum absolute atomic E-state index is 12.5. The molecule has 0 saturated heterocycles. The molecule has 6 heteroatoms. The Bertz CT molecular complexity index is 874. The van der Waals surface area contributed by atoms with Gasteiger partial charge in [-0.15, -0.1) is 0 Å². The number of hydrogen-bond acceptors (Lipinski definition) is 4. The summed E-state index contributed by atoms with van der Waals surface area (Å²) in [7, 11) is 0. The van der Waals surface area contributed by atoms with Crippen molar-refractivity contribution in [3.05, 3.63) is 71.5 Å². The van der Waals surface area contributed by atoms with Crippen LogP contribution in [0.2, 0.25) is 0 Å². The quantitative estimate of drug-likeness (QED) is 0.783. The average Bonchev–Trinajstić information content (AvgIpc) is 3.22. The third kappa shape index (κ3) is 3.06. The van der Waals surface area contributed by atoms with Crippen LogP contribution >= 0.6 is 0 Å². The number of nitrogens with one attached hydrogen (secondary N) is 1. The number of rotatable bonds is 5. The van der Waals surface area contributed by atoms with Gasteiger partial charge in [0.1, 0.15) is 23.0 Å². The second-order valence-electron chi connectivity index (χ2n) is 5.24. The second-order valence-corrected chi connectivity index (χ2v) is 5.24. The van der Waals surface area contributed by atoms with Crippen molar-refractivity contribution in [3.8, 4) is 12.0 Å². The van der Waals surface area contributed by atoms with Gasteiger partial charge in [0.2, 0.25) is 5.88 Å². The molecule has 0 aromatic carbocycles. The molecule has 0 unspecified atom stereocenters. The summed E-state index contributed by atoms with van der Waals surface area (Å²) in [5, 5.41) is 12.3. The Morgan fingerprint density at radius 3 is 2.79 bits per heavy atom. The van der Waals surface area contributed by atoms with E-state index in [1.165, 1.54) is 0 Å². The number of nitrogens with zero attached hydrogens (tertiary/aromatic N) is 3. The van der Waals surface area contributed by atoms with E-state index in [0.29, 0.717) is 24.6 Å². The fraction of sp³-hybridized carbons (Fsp3) is 0.167. The van der Waals surface area contributed by atoms with Crippen LogP contribution in [-0.4, -0.2) is 22.0 Å². The van der Waals surface area contributed by atoms with Crippen molar-refractivity contribution in [3.63, 3.8) is 0 Å². The monoisotopic (exact) mass is 320 g/mol. The van der Waals surface area contributed by atoms with Gasteiger partial charge in [0.05, 0.1) is 0 Å². The largest absolute Gasteiger partial charge is 0.443 e. The number of furan rings is 1. The first-order chi connectivity index (χ1) is 11.7. The van der Waals surface area contributed by atoms with Gasteiger partial charge in [-0.25, -0.2) is 0 Å². The molecule has 1 N–H and O–H groups in total. The average molecular weight is 320 g/mol. The molecule has 0 radical (unpaired) electrons. The molecule has 3 aromatic rings. The number of amides is 1. The Morgan fingerprint density at radius 2 is 2.12 bits per heavy atom. The highest BCUT2D eigenvalue weighted by molar-refractivity contribution is 5.98. The summed E-state index contributed by atoms with van der Waals surface area (Å²) in [4.78, 5) is 16.7. The Hall–Kier alpha value is -3.33. The first kappa shape index (κ1) is 15.6. The Morgan fingerprint density at radius 1 is 1.33 bits per heavy atom. The number of carbonyl (C=O) groups is 1. The fourth-order valence-corrected chi connectivity index (χ4v) is 2.50. The maximum Gasteiger partial charge on any atom is 0.256 e. The molecular weight excluding hydrogens is 304 g/mol. The van der Waals surface area contributed by atoms with E-state index in [1.807, 2.05) is 30.3 Å². The van der Waals surface area contributed by atoms with Crippen LogP contribution in [0, 0.1) is 18.3 Å². The lowest BCUT2D eigenvalue weighted by atomic mass is 10.1. The highest BCUT2D eigenvalue weighted by Gasteiger charge is 2.24. The van der Waals surface area contributed by atoms with E-state index in [-0.39, 0.29) is 17.0 Å². The van der Waals surface area contributed by atoms with Crippen molar-refractivity contribution in [2.45, 2.75) is 13.3 Å². The summed E-state index contributed by atoms with van der Waals surface area (Å²) >= 11 is 0. The van der Waals surface area contributed by atoms with Crippen LogP contribution in [0.4, 0.5) is 0 Å². The van der Waals surface area contributed by atoms with Crippen molar-refractivity contribution in [2.24, 2.45) is 0 Å². The van der Waals surface area contributed by atoms with Crippen molar-refractivity contribution in [2.75, 3.05) is 6.54 Å². The minimum atomic E-state index is -0.317. The smallest absolute Gasteiger partial charge is 0.256 e. The molecule has 0 aliphatic heterocycles. The van der Waals surface area contributed by atoms with Gasteiger partial charge in [0.25, 0.3) is 5.91 Å². The SMILES string of the molecule is Cc1oc(-n2cccc2)c(C#N)c1C(=O)NCCc1ccccn1. The predicted octanol–water partition coefficient (Wildman–Crippen LogP) is 2.62. The first-order valence-corrected chi connectivity index (χ1v) is 7.55. The zero-order chi connectivity index (χ0) is 16.9. The lowest BCUT2D eigenvalue weighted by Gasteiger charge is -2.04. The zero-order valence-corrected chi connectivity index (χ0v) is 13.2. The molecule has 1 amide bonds. The van der Waals surface area contributed by atoms with Crippen molar-refractivity contribution in [1.29, 1.82) is 5.26 Å². The molecule has 0 atom stereocenters. The van der Waals surface area contributed by atoms with E-state index in [0.717, 1.165) is 5.69 Å². The highest BCUT2D eigenvalue weighted by Crippen LogP contribution is 2.25. The number of aromatic nitrogens is 2. The van der Waals surface area contributed by atoms with Gasteiger partial charge < -0.3 is 9.73 Å². The molecular formula is C18H16N4O2. The van der Waals surface area contributed by atoms with E-state index < -0.39 is 0 Å². The summed E-state index contributed by atoms with van der Waals surface area (Å²) in [6, 6.07) is 11.4. The summed E-state index contributed by atoms with van der Waals surface area (Å²) in [5.41, 5.74) is 1.41. The molecule has 3 heterocycles. The van der Waals surface area contributed by atoms with Crippen LogP contribution < -0.4 is 5.32 Å². The lowest BCUT2D eigenvalue weighted by Crippen LogP contribution is -2.26. The topological polar surface area (TPSA) is 83.8 Å². The van der Waals surface area contributed by atoms with Crippen molar-refractivity contribution < 1.29 is 9.21 Å². The zero-order valence-electron chi connectivity index (χ0n) is 13.2. The normalized spacial score (nSPS) is 10.3. The Balaban J connectivity index is 1.76. The van der Waals surface area contributed by atoms with E-state index >= 15 is 0 Å². The number of hydrogen-bond donors (Lipinski definition) is 1. The minimum Gasteiger partial charge on any atom is -0.443 e. The highest BCUT2D eigenvalue weighted by atomic mass is 16.4. The summed E-state index contributed by atoms with van der Waals surface area (Å²) in [6.07, 6.45) is 5.87. The maximum atomic E-state index is 12.5. The molecule has 3 rings (SSSR count). The van der Waals surface area contributed by atoms with Gasteiger partial charge in [-0.1, -0.05) is 6.07 Å². The Labute approximate surface area is 139 Å². The van der Waals surface area contributed by atoms with Gasteiger partial charge in [-0.2, -0.15) is 5.26 Å². The molecule has 24 heavy (non-hydrogen) atoms. The third-order valence-electron chi connectivity index (χ3n) is 3.64. The number of nitriles is 1. The van der Waals surface area contributed by atoms with Gasteiger partial charge in [0, 0.05) is 37.3 Å². The van der Waals surface area contributed by atoms with Crippen LogP contribution in [0.25, 0.3) is 5.88 Å². The van der Waals surface area contributed by atoms with Gasteiger partial charge >= 0.3 is 0 Å². The minimum absolute atomic E-state index is 0.235. The number of pyridine rings is 1. The standard InChI is InChI=1S/C18H16N4O2/c1-13-16(15(12-19)18(24-13)22-10-4-5-11-22)17(23)21-9-7-14-6-2-3-8-20-14/h2-6,8,10-11H,7,9H2,1H3,(H,21,23). The molecule has 0 aliphatic rings. The molecule has 0 aliphatic carbocycles. The lowest BCUT2D eigenvalue weighted by molar-refractivity contribution is 0.0952. The molecule has 0 fully saturated rings. The fourth-order valence-electron chi connectivity index (χ4n) is 2.50. The Kier molecular flexibility index (Phi) is 4.43. The van der Waals surface area contributed by atoms with Crippen molar-refractivity contribution in [1.82, 2.24) is 14.9 Å². The van der Waals surface area contributed by atoms with Crippen LogP contribution in [-0.2, 0) is 6.42 Å². The van der Waals surface area contributed by atoms with E-state index in [4.69, 9.17) is 4.42 Å². The number of aryl methyl sites for hydroxylation is 1. The third-order valence-corrected chi connectivity index (χ3v) is 3.64. The van der Waals surface area contributed by atoms with E-state index in [2.05, 4.69) is 16.4 Å². The summed E-state index contributed by atoms with van der Waals surface area (Å²) in [6.45, 7) is 2.12. The summed E-state index contributed by atoms with van der Waals surface area (Å²) < 4.78 is 7.31. The molecule has 120 valence electrons. The van der Waals surface area contributed by atoms with Crippen LogP contribution in [0.15, 0.2) is 53.3 Å². The van der Waals surface area contributed by atoms with Crippen LogP contribution in [0.1, 0.15) is 27.4 Å². The molecule has 3 aromatic heterocycles. The molecule has 0 bridgehead atoms. The number of carbonyl (C=O) groups excluding carboxylic acids is 1. The predicted molar refractivity (Wildman–Crippen MR) is 87.8 cm³/mol. The molecule has 0 spiro atoms. The van der Waals surface area contributed by atoms with Crippen molar-refractivity contribution >= 4 is 5.91 Å². The molecule has 6 nitrogen and oxygen atoms in total. The van der Waals surface area contributed by atoms with Crippen LogP contribution in [0.5, 0.6) is 0 Å². The van der Waals surface area contributed by atoms with Gasteiger partial charge in [-0.05, 0) is 31.2 Å². The summed E-state index contributed by atoms with van der Waals surface area (Å²) in [5.74, 6) is 0.461. The molecule has 0 saturated carbocycles. The van der Waals surface area contributed by atoms with Gasteiger partial charge in [-0.3, -0.25) is 14.3 Å². The van der Waals surface area contributed by atoms with Gasteiger partial charge in [0.15, 0.2) is 0 Å². The van der Waals surface area contributed by atoms with Crippen LogP contribution in [0.3, 0.4) is 0 Å².